The highest BCUT2D eigenvalue weighted by Crippen LogP contribution is 2.25. The van der Waals surface area contributed by atoms with Crippen LogP contribution >= 0.6 is 12.4 Å². The number of nitrogens with zero attached hydrogens (tertiary/aromatic N) is 2. The summed E-state index contributed by atoms with van der Waals surface area (Å²) in [4.78, 5) is 12.2. The number of rotatable bonds is 6. The molecule has 3 N–H and O–H groups in total. The van der Waals surface area contributed by atoms with Gasteiger partial charge in [0.05, 0.1) is 11.6 Å². The second kappa shape index (κ2) is 7.50. The van der Waals surface area contributed by atoms with Gasteiger partial charge in [-0.15, -0.1) is 12.4 Å². The van der Waals surface area contributed by atoms with E-state index in [2.05, 4.69) is 10.4 Å². The standard InChI is InChI=1S/C13H24N4O.ClH/c1-5-13(6-2,9-14)12(18)15-7-11-8-16-17(4)10(11)3;/h8H,5-7,9,14H2,1-4H3,(H,15,18);1H. The second-order valence-electron chi connectivity index (χ2n) is 4.75. The van der Waals surface area contributed by atoms with Crippen LogP contribution in [0.5, 0.6) is 0 Å². The summed E-state index contributed by atoms with van der Waals surface area (Å²) >= 11 is 0. The van der Waals surface area contributed by atoms with Crippen LogP contribution in [-0.2, 0) is 18.4 Å². The number of aryl methyl sites for hydroxylation is 1. The molecule has 0 aromatic carbocycles. The van der Waals surface area contributed by atoms with Crippen molar-refractivity contribution in [3.05, 3.63) is 17.5 Å². The molecule has 5 nitrogen and oxygen atoms in total. The molecule has 1 heterocycles. The van der Waals surface area contributed by atoms with Gasteiger partial charge in [-0.25, -0.2) is 0 Å². The molecule has 0 radical (unpaired) electrons. The molecule has 0 saturated carbocycles. The number of nitrogens with two attached hydrogens (primary N) is 1. The zero-order valence-corrected chi connectivity index (χ0v) is 13.0. The Morgan fingerprint density at radius 1 is 1.47 bits per heavy atom. The van der Waals surface area contributed by atoms with Gasteiger partial charge >= 0.3 is 0 Å². The van der Waals surface area contributed by atoms with Crippen molar-refractivity contribution in [2.75, 3.05) is 6.54 Å². The van der Waals surface area contributed by atoms with Crippen molar-refractivity contribution in [1.29, 1.82) is 0 Å². The maximum Gasteiger partial charge on any atom is 0.227 e. The van der Waals surface area contributed by atoms with E-state index in [0.29, 0.717) is 13.1 Å². The van der Waals surface area contributed by atoms with E-state index in [1.807, 2.05) is 27.8 Å². The Morgan fingerprint density at radius 2 is 2.05 bits per heavy atom. The summed E-state index contributed by atoms with van der Waals surface area (Å²) < 4.78 is 1.80. The average Bonchev–Trinajstić information content (AvgIpc) is 2.70. The smallest absolute Gasteiger partial charge is 0.227 e. The number of carbonyl (C=O) groups is 1. The summed E-state index contributed by atoms with van der Waals surface area (Å²) in [6, 6.07) is 0. The van der Waals surface area contributed by atoms with Gasteiger partial charge in [0.1, 0.15) is 0 Å². The second-order valence-corrected chi connectivity index (χ2v) is 4.75. The average molecular weight is 289 g/mol. The van der Waals surface area contributed by atoms with Crippen molar-refractivity contribution in [3.8, 4) is 0 Å². The fraction of sp³-hybridized carbons (Fsp3) is 0.692. The first-order chi connectivity index (χ1) is 8.50. The van der Waals surface area contributed by atoms with Gasteiger partial charge in [0, 0.05) is 31.4 Å². The topological polar surface area (TPSA) is 72.9 Å². The highest BCUT2D eigenvalue weighted by molar-refractivity contribution is 5.85. The van der Waals surface area contributed by atoms with Crippen LogP contribution in [-0.4, -0.2) is 22.2 Å². The molecule has 1 amide bonds. The molecule has 0 spiro atoms. The minimum atomic E-state index is -0.434. The fourth-order valence-electron chi connectivity index (χ4n) is 2.03. The highest BCUT2D eigenvalue weighted by Gasteiger charge is 2.33. The zero-order chi connectivity index (χ0) is 13.8. The van der Waals surface area contributed by atoms with Crippen LogP contribution in [0, 0.1) is 12.3 Å². The van der Waals surface area contributed by atoms with Gasteiger partial charge in [-0.05, 0) is 19.8 Å². The monoisotopic (exact) mass is 288 g/mol. The van der Waals surface area contributed by atoms with Crippen molar-refractivity contribution in [2.45, 2.75) is 40.2 Å². The first-order valence-electron chi connectivity index (χ1n) is 6.46. The lowest BCUT2D eigenvalue weighted by Crippen LogP contribution is -2.45. The quantitative estimate of drug-likeness (QED) is 0.834. The largest absolute Gasteiger partial charge is 0.351 e. The molecule has 1 rings (SSSR count). The molecule has 1 aromatic heterocycles. The van der Waals surface area contributed by atoms with E-state index in [9.17, 15) is 4.79 Å². The Hall–Kier alpha value is -1.07. The van der Waals surface area contributed by atoms with Gasteiger partial charge < -0.3 is 11.1 Å². The van der Waals surface area contributed by atoms with E-state index in [-0.39, 0.29) is 18.3 Å². The maximum atomic E-state index is 12.2. The summed E-state index contributed by atoms with van der Waals surface area (Å²) in [6.45, 7) is 6.90. The number of halogens is 1. The van der Waals surface area contributed by atoms with E-state index in [1.165, 1.54) is 0 Å². The molecule has 1 aromatic rings. The SMILES string of the molecule is CCC(CC)(CN)C(=O)NCc1cnn(C)c1C.Cl. The van der Waals surface area contributed by atoms with Crippen LogP contribution in [0.1, 0.15) is 37.9 Å². The van der Waals surface area contributed by atoms with Crippen LogP contribution in [0.2, 0.25) is 0 Å². The number of amides is 1. The molecule has 6 heteroatoms. The zero-order valence-electron chi connectivity index (χ0n) is 12.2. The molecule has 0 aliphatic carbocycles. The van der Waals surface area contributed by atoms with Crippen LogP contribution in [0.4, 0.5) is 0 Å². The van der Waals surface area contributed by atoms with E-state index in [0.717, 1.165) is 24.1 Å². The van der Waals surface area contributed by atoms with Crippen molar-refractivity contribution in [1.82, 2.24) is 15.1 Å². The van der Waals surface area contributed by atoms with E-state index in [4.69, 9.17) is 5.73 Å². The van der Waals surface area contributed by atoms with Crippen LogP contribution in [0.25, 0.3) is 0 Å². The summed E-state index contributed by atoms with van der Waals surface area (Å²) in [7, 11) is 1.89. The van der Waals surface area contributed by atoms with Crippen LogP contribution in [0.3, 0.4) is 0 Å². The highest BCUT2D eigenvalue weighted by atomic mass is 35.5. The number of aromatic nitrogens is 2. The summed E-state index contributed by atoms with van der Waals surface area (Å²) in [5, 5.41) is 7.13. The lowest BCUT2D eigenvalue weighted by molar-refractivity contribution is -0.131. The van der Waals surface area contributed by atoms with E-state index in [1.54, 1.807) is 10.9 Å². The van der Waals surface area contributed by atoms with Gasteiger partial charge in [-0.1, -0.05) is 13.8 Å². The number of nitrogens with one attached hydrogen (secondary N) is 1. The Balaban J connectivity index is 0.00000324. The minimum Gasteiger partial charge on any atom is -0.351 e. The van der Waals surface area contributed by atoms with Gasteiger partial charge in [0.15, 0.2) is 0 Å². The third kappa shape index (κ3) is 3.70. The predicted octanol–water partition coefficient (Wildman–Crippen LogP) is 1.53. The van der Waals surface area contributed by atoms with Crippen LogP contribution < -0.4 is 11.1 Å². The molecule has 0 aliphatic heterocycles. The van der Waals surface area contributed by atoms with E-state index >= 15 is 0 Å². The van der Waals surface area contributed by atoms with Crippen molar-refractivity contribution < 1.29 is 4.79 Å². The molecular weight excluding hydrogens is 264 g/mol. The fourth-order valence-corrected chi connectivity index (χ4v) is 2.03. The Kier molecular flexibility index (Phi) is 7.08. The summed E-state index contributed by atoms with van der Waals surface area (Å²) in [5.74, 6) is 0.0400. The van der Waals surface area contributed by atoms with Gasteiger partial charge in [0.2, 0.25) is 5.91 Å². The van der Waals surface area contributed by atoms with Crippen LogP contribution in [0.15, 0.2) is 6.20 Å². The Labute approximate surface area is 121 Å². The van der Waals surface area contributed by atoms with Gasteiger partial charge in [-0.2, -0.15) is 5.10 Å². The number of hydrogen-bond acceptors (Lipinski definition) is 3. The first kappa shape index (κ1) is 17.9. The predicted molar refractivity (Wildman–Crippen MR) is 79.1 cm³/mol. The number of hydrogen-bond donors (Lipinski definition) is 2. The van der Waals surface area contributed by atoms with Gasteiger partial charge in [0.25, 0.3) is 0 Å². The lowest BCUT2D eigenvalue weighted by atomic mass is 9.81. The third-order valence-electron chi connectivity index (χ3n) is 4.00. The molecule has 0 atom stereocenters. The Bertz CT molecular complexity index is 405. The molecule has 0 aliphatic rings. The number of carbonyl (C=O) groups excluding carboxylic acids is 1. The molecule has 110 valence electrons. The molecule has 0 unspecified atom stereocenters. The summed E-state index contributed by atoms with van der Waals surface area (Å²) in [5.41, 5.74) is 7.44. The molecule has 19 heavy (non-hydrogen) atoms. The molecule has 0 saturated heterocycles. The van der Waals surface area contributed by atoms with Crippen molar-refractivity contribution in [2.24, 2.45) is 18.2 Å². The summed E-state index contributed by atoms with van der Waals surface area (Å²) in [6.07, 6.45) is 3.31. The van der Waals surface area contributed by atoms with Crippen molar-refractivity contribution >= 4 is 18.3 Å². The molecule has 0 bridgehead atoms. The maximum absolute atomic E-state index is 12.2. The lowest BCUT2D eigenvalue weighted by Gasteiger charge is -2.28. The molecular formula is C13H25ClN4O. The van der Waals surface area contributed by atoms with Crippen molar-refractivity contribution in [3.63, 3.8) is 0 Å². The van der Waals surface area contributed by atoms with E-state index < -0.39 is 5.41 Å². The minimum absolute atomic E-state index is 0. The molecule has 0 fully saturated rings. The van der Waals surface area contributed by atoms with Gasteiger partial charge in [-0.3, -0.25) is 9.48 Å². The first-order valence-corrected chi connectivity index (χ1v) is 6.46. The Morgan fingerprint density at radius 3 is 2.42 bits per heavy atom. The normalized spacial score (nSPS) is 11.0. The third-order valence-corrected chi connectivity index (χ3v) is 4.00.